The van der Waals surface area contributed by atoms with E-state index in [0.29, 0.717) is 34.4 Å². The van der Waals surface area contributed by atoms with Gasteiger partial charge in [0.25, 0.3) is 0 Å². The number of carbonyl (C=O) groups excluding carboxylic acids is 1. The van der Waals surface area contributed by atoms with Gasteiger partial charge >= 0.3 is 0 Å². The molecule has 3 aromatic rings. The van der Waals surface area contributed by atoms with Gasteiger partial charge in [0.15, 0.2) is 11.5 Å². The number of amides is 1. The third-order valence-electron chi connectivity index (χ3n) is 4.67. The second-order valence-corrected chi connectivity index (χ2v) is 7.14. The molecule has 0 aliphatic heterocycles. The Balaban J connectivity index is 1.75. The molecule has 30 heavy (non-hydrogen) atoms. The van der Waals surface area contributed by atoms with Crippen LogP contribution in [0.15, 0.2) is 48.5 Å². The molecule has 1 N–H and O–H groups in total. The van der Waals surface area contributed by atoms with Gasteiger partial charge in [-0.1, -0.05) is 41.9 Å². The number of nitrogens with one attached hydrogen (secondary N) is 1. The van der Waals surface area contributed by atoms with Crippen LogP contribution in [-0.4, -0.2) is 29.9 Å². The molecule has 0 fully saturated rings. The Morgan fingerprint density at radius 3 is 2.47 bits per heavy atom. The molecule has 7 heteroatoms. The molecule has 1 aromatic heterocycles. The number of benzene rings is 2. The topological polar surface area (TPSA) is 65.4 Å². The maximum atomic E-state index is 12.5. The van der Waals surface area contributed by atoms with Crippen molar-refractivity contribution >= 4 is 29.3 Å². The number of ether oxygens (including phenoxy) is 2. The van der Waals surface area contributed by atoms with Crippen molar-refractivity contribution in [1.29, 1.82) is 0 Å². The average molecular weight is 426 g/mol. The molecule has 1 amide bonds. The number of aromatic nitrogens is 2. The van der Waals surface area contributed by atoms with E-state index in [1.54, 1.807) is 31.0 Å². The number of hydrogen-bond acceptors (Lipinski definition) is 4. The Kier molecular flexibility index (Phi) is 6.79. The molecule has 0 atom stereocenters. The molecule has 2 aromatic carbocycles. The van der Waals surface area contributed by atoms with Gasteiger partial charge in [0.2, 0.25) is 5.91 Å². The van der Waals surface area contributed by atoms with Gasteiger partial charge in [0, 0.05) is 23.4 Å². The Labute approximate surface area is 181 Å². The van der Waals surface area contributed by atoms with Crippen LogP contribution in [0.1, 0.15) is 22.4 Å². The lowest BCUT2D eigenvalue weighted by Gasteiger charge is -2.12. The minimum absolute atomic E-state index is 0.281. The summed E-state index contributed by atoms with van der Waals surface area (Å²) in [7, 11) is 3.12. The van der Waals surface area contributed by atoms with Crippen LogP contribution < -0.4 is 14.8 Å². The number of aryl methyl sites for hydroxylation is 2. The van der Waals surface area contributed by atoms with E-state index in [1.165, 1.54) is 6.08 Å². The molecule has 6 nitrogen and oxygen atoms in total. The molecule has 0 radical (unpaired) electrons. The highest BCUT2D eigenvalue weighted by Gasteiger charge is 2.13. The highest BCUT2D eigenvalue weighted by Crippen LogP contribution is 2.33. The molecule has 156 valence electrons. The highest BCUT2D eigenvalue weighted by atomic mass is 35.5. The number of nitrogens with zero attached hydrogens (tertiary/aromatic N) is 2. The summed E-state index contributed by atoms with van der Waals surface area (Å²) in [5, 5.41) is 7.84. The summed E-state index contributed by atoms with van der Waals surface area (Å²) in [6, 6.07) is 13.5. The summed E-state index contributed by atoms with van der Waals surface area (Å²) >= 11 is 6.51. The van der Waals surface area contributed by atoms with Crippen LogP contribution in [0, 0.1) is 13.8 Å². The van der Waals surface area contributed by atoms with Gasteiger partial charge in [-0.05, 0) is 37.1 Å². The molecule has 0 bridgehead atoms. The zero-order chi connectivity index (χ0) is 21.7. The first kappa shape index (κ1) is 21.5. The quantitative estimate of drug-likeness (QED) is 0.548. The van der Waals surface area contributed by atoms with Crippen molar-refractivity contribution in [1.82, 2.24) is 9.78 Å². The van der Waals surface area contributed by atoms with Crippen LogP contribution in [0.4, 0.5) is 5.69 Å². The minimum atomic E-state index is -0.281. The average Bonchev–Trinajstić information content (AvgIpc) is 3.00. The minimum Gasteiger partial charge on any atom is -0.493 e. The Morgan fingerprint density at radius 2 is 1.80 bits per heavy atom. The standard InChI is InChI=1S/C23H24ClN3O3/c1-15-12-20(29-3)21(30-4)13-19(15)25-22(28)11-10-18-16(2)26-27(23(18)24)14-17-8-6-5-7-9-17/h5-13H,14H2,1-4H3,(H,25,28)/b11-10+. The molecule has 0 saturated heterocycles. The van der Waals surface area contributed by atoms with Crippen molar-refractivity contribution in [3.63, 3.8) is 0 Å². The van der Waals surface area contributed by atoms with E-state index in [9.17, 15) is 4.79 Å². The van der Waals surface area contributed by atoms with E-state index in [-0.39, 0.29) is 5.91 Å². The summed E-state index contributed by atoms with van der Waals surface area (Å²) in [5.74, 6) is 0.872. The van der Waals surface area contributed by atoms with Crippen LogP contribution in [0.2, 0.25) is 5.15 Å². The lowest BCUT2D eigenvalue weighted by molar-refractivity contribution is -0.111. The number of hydrogen-bond donors (Lipinski definition) is 1. The van der Waals surface area contributed by atoms with E-state index in [1.807, 2.05) is 50.2 Å². The van der Waals surface area contributed by atoms with Gasteiger partial charge < -0.3 is 14.8 Å². The lowest BCUT2D eigenvalue weighted by Crippen LogP contribution is -2.09. The lowest BCUT2D eigenvalue weighted by atomic mass is 10.1. The van der Waals surface area contributed by atoms with Crippen molar-refractivity contribution in [2.24, 2.45) is 0 Å². The van der Waals surface area contributed by atoms with Gasteiger partial charge in [-0.25, -0.2) is 4.68 Å². The van der Waals surface area contributed by atoms with Crippen molar-refractivity contribution in [2.45, 2.75) is 20.4 Å². The van der Waals surface area contributed by atoms with Crippen molar-refractivity contribution < 1.29 is 14.3 Å². The normalized spacial score (nSPS) is 11.0. The van der Waals surface area contributed by atoms with E-state index >= 15 is 0 Å². The monoisotopic (exact) mass is 425 g/mol. The van der Waals surface area contributed by atoms with E-state index in [0.717, 1.165) is 16.8 Å². The predicted octanol–water partition coefficient (Wildman–Crippen LogP) is 4.87. The first-order chi connectivity index (χ1) is 14.4. The van der Waals surface area contributed by atoms with E-state index in [4.69, 9.17) is 21.1 Å². The fourth-order valence-electron chi connectivity index (χ4n) is 3.07. The second kappa shape index (κ2) is 9.50. The summed E-state index contributed by atoms with van der Waals surface area (Å²) in [6.45, 7) is 4.31. The molecule has 0 unspecified atom stereocenters. The molecule has 0 saturated carbocycles. The number of halogens is 1. The molecule has 3 rings (SSSR count). The van der Waals surface area contributed by atoms with Gasteiger partial charge in [-0.3, -0.25) is 4.79 Å². The molecular formula is C23H24ClN3O3. The predicted molar refractivity (Wildman–Crippen MR) is 119 cm³/mol. The van der Waals surface area contributed by atoms with Gasteiger partial charge in [-0.2, -0.15) is 5.10 Å². The van der Waals surface area contributed by atoms with E-state index < -0.39 is 0 Å². The molecule has 0 aliphatic carbocycles. The van der Waals surface area contributed by atoms with Gasteiger partial charge in [0.05, 0.1) is 26.5 Å². The van der Waals surface area contributed by atoms with Crippen LogP contribution in [-0.2, 0) is 11.3 Å². The smallest absolute Gasteiger partial charge is 0.248 e. The van der Waals surface area contributed by atoms with Crippen LogP contribution in [0.5, 0.6) is 11.5 Å². The maximum Gasteiger partial charge on any atom is 0.248 e. The van der Waals surface area contributed by atoms with Crippen LogP contribution in [0.3, 0.4) is 0 Å². The molecule has 0 aliphatic rings. The van der Waals surface area contributed by atoms with Crippen molar-refractivity contribution in [3.8, 4) is 11.5 Å². The van der Waals surface area contributed by atoms with Gasteiger partial charge in [0.1, 0.15) is 5.15 Å². The first-order valence-corrected chi connectivity index (χ1v) is 9.79. The maximum absolute atomic E-state index is 12.5. The van der Waals surface area contributed by atoms with Gasteiger partial charge in [-0.15, -0.1) is 0 Å². The highest BCUT2D eigenvalue weighted by molar-refractivity contribution is 6.31. The summed E-state index contributed by atoms with van der Waals surface area (Å²) < 4.78 is 12.3. The third kappa shape index (κ3) is 4.83. The number of methoxy groups -OCH3 is 2. The zero-order valence-electron chi connectivity index (χ0n) is 17.4. The largest absolute Gasteiger partial charge is 0.493 e. The Morgan fingerprint density at radius 1 is 1.13 bits per heavy atom. The number of rotatable bonds is 7. The third-order valence-corrected chi connectivity index (χ3v) is 5.07. The molecule has 0 spiro atoms. The van der Waals surface area contributed by atoms with Crippen LogP contribution in [0.25, 0.3) is 6.08 Å². The summed E-state index contributed by atoms with van der Waals surface area (Å²) in [4.78, 5) is 12.5. The summed E-state index contributed by atoms with van der Waals surface area (Å²) in [6.07, 6.45) is 3.12. The first-order valence-electron chi connectivity index (χ1n) is 9.41. The molecule has 1 heterocycles. The second-order valence-electron chi connectivity index (χ2n) is 6.78. The number of anilines is 1. The van der Waals surface area contributed by atoms with Crippen LogP contribution >= 0.6 is 11.6 Å². The summed E-state index contributed by atoms with van der Waals surface area (Å²) in [5.41, 5.74) is 4.07. The van der Waals surface area contributed by atoms with Crippen molar-refractivity contribution in [2.75, 3.05) is 19.5 Å². The Hall–Kier alpha value is -3.25. The van der Waals surface area contributed by atoms with E-state index in [2.05, 4.69) is 10.4 Å². The SMILES string of the molecule is COc1cc(C)c(NC(=O)/C=C/c2c(C)nn(Cc3ccccc3)c2Cl)cc1OC. The fourth-order valence-corrected chi connectivity index (χ4v) is 3.36. The molecular weight excluding hydrogens is 402 g/mol. The zero-order valence-corrected chi connectivity index (χ0v) is 18.2. The fraction of sp³-hybridized carbons (Fsp3) is 0.217. The van der Waals surface area contributed by atoms with Crippen molar-refractivity contribution in [3.05, 3.63) is 76.1 Å². The Bertz CT molecular complexity index is 1080. The number of carbonyl (C=O) groups is 1.